The van der Waals surface area contributed by atoms with Crippen LogP contribution in [-0.4, -0.2) is 0 Å². The fourth-order valence-corrected chi connectivity index (χ4v) is 2.51. The first-order valence-electron chi connectivity index (χ1n) is 4.89. The van der Waals surface area contributed by atoms with Crippen molar-refractivity contribution < 1.29 is 0 Å². The van der Waals surface area contributed by atoms with E-state index in [0.717, 1.165) is 0 Å². The normalized spacial score (nSPS) is 10.7. The summed E-state index contributed by atoms with van der Waals surface area (Å²) >= 11 is 1.67. The number of hydrogen-bond donors (Lipinski definition) is 0. The highest BCUT2D eigenvalue weighted by Gasteiger charge is 2.02. The van der Waals surface area contributed by atoms with Gasteiger partial charge in [0.25, 0.3) is 0 Å². The molecule has 3 rings (SSSR count). The summed E-state index contributed by atoms with van der Waals surface area (Å²) in [6.45, 7) is 0. The molecule has 15 heavy (non-hydrogen) atoms. The van der Waals surface area contributed by atoms with Crippen LogP contribution in [0.3, 0.4) is 0 Å². The Hall–Kier alpha value is -1.60. The first kappa shape index (κ1) is 8.69. The van der Waals surface area contributed by atoms with Crippen LogP contribution in [0.5, 0.6) is 0 Å². The van der Waals surface area contributed by atoms with Crippen LogP contribution in [0.25, 0.3) is 21.2 Å². The monoisotopic (exact) mass is 209 g/mol. The first-order valence-corrected chi connectivity index (χ1v) is 5.71. The highest BCUT2D eigenvalue weighted by atomic mass is 32.1. The zero-order valence-electron chi connectivity index (χ0n) is 8.10. The van der Waals surface area contributed by atoms with E-state index in [2.05, 4.69) is 53.9 Å². The maximum absolute atomic E-state index is 3.13. The van der Waals surface area contributed by atoms with Gasteiger partial charge in [-0.15, -0.1) is 11.3 Å². The van der Waals surface area contributed by atoms with Gasteiger partial charge in [-0.1, -0.05) is 42.5 Å². The lowest BCUT2D eigenvalue weighted by molar-refractivity contribution is 1.74. The first-order chi connectivity index (χ1) is 7.45. The van der Waals surface area contributed by atoms with Crippen molar-refractivity contribution in [2.45, 2.75) is 0 Å². The molecule has 0 saturated carbocycles. The third kappa shape index (κ3) is 1.45. The predicted molar refractivity (Wildman–Crippen MR) is 66.1 cm³/mol. The molecule has 1 aromatic heterocycles. The minimum atomic E-state index is 1.28. The zero-order chi connectivity index (χ0) is 10.1. The van der Waals surface area contributed by atoms with Crippen LogP contribution in [0, 0.1) is 5.38 Å². The molecule has 0 spiro atoms. The van der Waals surface area contributed by atoms with E-state index in [-0.39, 0.29) is 0 Å². The molecule has 0 amide bonds. The lowest BCUT2D eigenvalue weighted by Gasteiger charge is -2.03. The van der Waals surface area contributed by atoms with Gasteiger partial charge >= 0.3 is 0 Å². The molecule has 1 heterocycles. The lowest BCUT2D eigenvalue weighted by Crippen LogP contribution is -1.76. The number of fused-ring (bicyclic) bond motifs is 1. The van der Waals surface area contributed by atoms with E-state index in [1.54, 1.807) is 11.3 Å². The fraction of sp³-hybridized carbons (Fsp3) is 0. The molecule has 0 bridgehead atoms. The SMILES string of the molecule is [c]1ccc(-c2cccc3ccccc23)s1. The minimum Gasteiger partial charge on any atom is -0.134 e. The van der Waals surface area contributed by atoms with Crippen molar-refractivity contribution in [2.75, 3.05) is 0 Å². The Kier molecular flexibility index (Phi) is 2.04. The van der Waals surface area contributed by atoms with Crippen molar-refractivity contribution in [1.82, 2.24) is 0 Å². The van der Waals surface area contributed by atoms with E-state index in [1.165, 1.54) is 21.2 Å². The molecule has 0 N–H and O–H groups in total. The van der Waals surface area contributed by atoms with Gasteiger partial charge in [0.05, 0.1) is 0 Å². The number of thiophene rings is 1. The summed E-state index contributed by atoms with van der Waals surface area (Å²) in [7, 11) is 0. The molecule has 0 aliphatic rings. The molecule has 0 nitrogen and oxygen atoms in total. The number of hydrogen-bond acceptors (Lipinski definition) is 1. The summed E-state index contributed by atoms with van der Waals surface area (Å²) in [6, 6.07) is 19.0. The molecule has 0 aliphatic carbocycles. The Balaban J connectivity index is 2.36. The Labute approximate surface area is 92.8 Å². The molecule has 0 aliphatic heterocycles. The highest BCUT2D eigenvalue weighted by molar-refractivity contribution is 7.13. The van der Waals surface area contributed by atoms with Gasteiger partial charge in [0.2, 0.25) is 0 Å². The average molecular weight is 209 g/mol. The third-order valence-electron chi connectivity index (χ3n) is 2.53. The Bertz CT molecular complexity index is 574. The smallest absolute Gasteiger partial charge is 0.0449 e. The van der Waals surface area contributed by atoms with Gasteiger partial charge in [-0.3, -0.25) is 0 Å². The number of benzene rings is 2. The van der Waals surface area contributed by atoms with Crippen LogP contribution < -0.4 is 0 Å². The lowest BCUT2D eigenvalue weighted by atomic mass is 10.0. The maximum Gasteiger partial charge on any atom is 0.0449 e. The highest BCUT2D eigenvalue weighted by Crippen LogP contribution is 2.31. The molecular formula is C14H9S. The van der Waals surface area contributed by atoms with E-state index < -0.39 is 0 Å². The van der Waals surface area contributed by atoms with E-state index in [4.69, 9.17) is 0 Å². The van der Waals surface area contributed by atoms with Crippen LogP contribution in [-0.2, 0) is 0 Å². The van der Waals surface area contributed by atoms with Crippen molar-refractivity contribution in [2.24, 2.45) is 0 Å². The summed E-state index contributed by atoms with van der Waals surface area (Å²) in [4.78, 5) is 1.28. The fourth-order valence-electron chi connectivity index (χ4n) is 1.83. The van der Waals surface area contributed by atoms with Gasteiger partial charge in [0.15, 0.2) is 0 Å². The summed E-state index contributed by atoms with van der Waals surface area (Å²) in [6.07, 6.45) is 0. The average Bonchev–Trinajstić information content (AvgIpc) is 2.82. The van der Waals surface area contributed by atoms with Crippen LogP contribution in [0.4, 0.5) is 0 Å². The quantitative estimate of drug-likeness (QED) is 0.558. The van der Waals surface area contributed by atoms with Gasteiger partial charge in [-0.25, -0.2) is 0 Å². The molecule has 1 heteroatoms. The van der Waals surface area contributed by atoms with Crippen LogP contribution in [0.1, 0.15) is 0 Å². The topological polar surface area (TPSA) is 0 Å². The molecule has 3 aromatic rings. The minimum absolute atomic E-state index is 1.28. The molecule has 0 fully saturated rings. The van der Waals surface area contributed by atoms with E-state index in [9.17, 15) is 0 Å². The second-order valence-corrected chi connectivity index (χ2v) is 4.32. The number of rotatable bonds is 1. The van der Waals surface area contributed by atoms with Gasteiger partial charge in [0, 0.05) is 10.3 Å². The van der Waals surface area contributed by atoms with E-state index in [1.807, 2.05) is 6.07 Å². The summed E-state index contributed by atoms with van der Waals surface area (Å²) in [5.41, 5.74) is 1.30. The van der Waals surface area contributed by atoms with Crippen molar-refractivity contribution >= 4 is 22.1 Å². The summed E-state index contributed by atoms with van der Waals surface area (Å²) < 4.78 is 0. The molecule has 1 radical (unpaired) electrons. The molecule has 71 valence electrons. The van der Waals surface area contributed by atoms with Crippen LogP contribution in [0.15, 0.2) is 54.6 Å². The molecule has 0 saturated heterocycles. The molecule has 0 unspecified atom stereocenters. The molecule has 2 aromatic carbocycles. The van der Waals surface area contributed by atoms with Gasteiger partial charge in [-0.2, -0.15) is 0 Å². The standard InChI is InChI=1S/C14H9S/c1-2-7-12-11(5-1)6-3-8-13(12)14-9-4-10-15-14/h1-9H. The van der Waals surface area contributed by atoms with E-state index >= 15 is 0 Å². The van der Waals surface area contributed by atoms with Crippen LogP contribution in [0.2, 0.25) is 0 Å². The third-order valence-corrected chi connectivity index (χ3v) is 3.36. The zero-order valence-corrected chi connectivity index (χ0v) is 8.92. The Morgan fingerprint density at radius 2 is 1.73 bits per heavy atom. The molecule has 0 atom stereocenters. The predicted octanol–water partition coefficient (Wildman–Crippen LogP) is 4.37. The summed E-state index contributed by atoms with van der Waals surface area (Å²) in [5.74, 6) is 0. The van der Waals surface area contributed by atoms with Crippen molar-refractivity contribution in [3.8, 4) is 10.4 Å². The van der Waals surface area contributed by atoms with Crippen molar-refractivity contribution in [1.29, 1.82) is 0 Å². The van der Waals surface area contributed by atoms with Crippen LogP contribution >= 0.6 is 11.3 Å². The van der Waals surface area contributed by atoms with Gasteiger partial charge in [-0.05, 0) is 28.5 Å². The molecular weight excluding hydrogens is 200 g/mol. The Morgan fingerprint density at radius 1 is 0.867 bits per heavy atom. The second kappa shape index (κ2) is 3.52. The Morgan fingerprint density at radius 3 is 2.60 bits per heavy atom. The van der Waals surface area contributed by atoms with Gasteiger partial charge < -0.3 is 0 Å². The largest absolute Gasteiger partial charge is 0.134 e. The van der Waals surface area contributed by atoms with Gasteiger partial charge in [0.1, 0.15) is 0 Å². The second-order valence-electron chi connectivity index (χ2n) is 3.44. The maximum atomic E-state index is 3.13. The summed E-state index contributed by atoms with van der Waals surface area (Å²) in [5, 5.41) is 5.74. The van der Waals surface area contributed by atoms with Crippen molar-refractivity contribution in [3.05, 3.63) is 60.0 Å². The van der Waals surface area contributed by atoms with Crippen molar-refractivity contribution in [3.63, 3.8) is 0 Å². The van der Waals surface area contributed by atoms with E-state index in [0.29, 0.717) is 0 Å².